The van der Waals surface area contributed by atoms with Crippen LogP contribution in [0.1, 0.15) is 37.1 Å². The molecule has 1 unspecified atom stereocenters. The third-order valence-corrected chi connectivity index (χ3v) is 3.57. The van der Waals surface area contributed by atoms with E-state index >= 15 is 0 Å². The maximum atomic E-state index is 13.0. The van der Waals surface area contributed by atoms with Gasteiger partial charge in [-0.25, -0.2) is 9.07 Å². The fourth-order valence-corrected chi connectivity index (χ4v) is 2.34. The monoisotopic (exact) mass is 340 g/mol. The number of carbonyl (C=O) groups excluding carboxylic acids is 1. The summed E-state index contributed by atoms with van der Waals surface area (Å²) in [5.74, 6) is -0.304. The maximum absolute atomic E-state index is 13.0. The van der Waals surface area contributed by atoms with Crippen LogP contribution in [0.2, 0.25) is 0 Å². The molecule has 0 aliphatic heterocycles. The fourth-order valence-electron chi connectivity index (χ4n) is 2.34. The van der Waals surface area contributed by atoms with E-state index in [0.717, 1.165) is 16.9 Å². The van der Waals surface area contributed by atoms with Crippen molar-refractivity contribution in [3.63, 3.8) is 0 Å². The SMILES string of the molecule is Cc1c(C(C)NC(=O)CCCN)cnn1-c1ccc(F)cc1.Cl. The number of aromatic nitrogens is 2. The highest BCUT2D eigenvalue weighted by Gasteiger charge is 2.16. The molecule has 2 rings (SSSR count). The lowest BCUT2D eigenvalue weighted by molar-refractivity contribution is -0.121. The van der Waals surface area contributed by atoms with Crippen molar-refractivity contribution < 1.29 is 9.18 Å². The fraction of sp³-hybridized carbons (Fsp3) is 0.375. The van der Waals surface area contributed by atoms with Gasteiger partial charge in [0.15, 0.2) is 0 Å². The van der Waals surface area contributed by atoms with Gasteiger partial charge in [0.05, 0.1) is 17.9 Å². The van der Waals surface area contributed by atoms with E-state index in [0.29, 0.717) is 19.4 Å². The van der Waals surface area contributed by atoms with Gasteiger partial charge in [-0.3, -0.25) is 4.79 Å². The molecule has 0 aliphatic rings. The van der Waals surface area contributed by atoms with Crippen LogP contribution in [-0.4, -0.2) is 22.2 Å². The molecule has 5 nitrogen and oxygen atoms in total. The molecule has 1 aromatic heterocycles. The van der Waals surface area contributed by atoms with Crippen LogP contribution in [-0.2, 0) is 4.79 Å². The number of halogens is 2. The second kappa shape index (κ2) is 8.64. The third kappa shape index (κ3) is 4.77. The summed E-state index contributed by atoms with van der Waals surface area (Å²) in [6.45, 7) is 4.34. The van der Waals surface area contributed by atoms with Gasteiger partial charge in [-0.15, -0.1) is 12.4 Å². The minimum Gasteiger partial charge on any atom is -0.349 e. The predicted molar refractivity (Wildman–Crippen MR) is 90.4 cm³/mol. The number of nitrogens with zero attached hydrogens (tertiary/aromatic N) is 2. The van der Waals surface area contributed by atoms with Gasteiger partial charge < -0.3 is 11.1 Å². The van der Waals surface area contributed by atoms with Crippen LogP contribution >= 0.6 is 12.4 Å². The average Bonchev–Trinajstić information content (AvgIpc) is 2.88. The van der Waals surface area contributed by atoms with Crippen LogP contribution in [0, 0.1) is 12.7 Å². The molecule has 7 heteroatoms. The van der Waals surface area contributed by atoms with E-state index in [4.69, 9.17) is 5.73 Å². The molecule has 0 saturated heterocycles. The van der Waals surface area contributed by atoms with E-state index in [9.17, 15) is 9.18 Å². The Balaban J connectivity index is 0.00000264. The van der Waals surface area contributed by atoms with Crippen molar-refractivity contribution in [3.8, 4) is 5.69 Å². The highest BCUT2D eigenvalue weighted by atomic mass is 35.5. The van der Waals surface area contributed by atoms with E-state index in [1.54, 1.807) is 23.0 Å². The number of carbonyl (C=O) groups is 1. The number of nitrogens with one attached hydrogen (secondary N) is 1. The predicted octanol–water partition coefficient (Wildman–Crippen LogP) is 2.66. The molecule has 1 heterocycles. The Bertz CT molecular complexity index is 642. The molecule has 3 N–H and O–H groups in total. The van der Waals surface area contributed by atoms with Crippen LogP contribution in [0.25, 0.3) is 5.69 Å². The molecule has 0 spiro atoms. The summed E-state index contributed by atoms with van der Waals surface area (Å²) in [6, 6.07) is 6.00. The first-order chi connectivity index (χ1) is 10.5. The number of hydrogen-bond acceptors (Lipinski definition) is 3. The molecule has 1 aromatic carbocycles. The van der Waals surface area contributed by atoms with Gasteiger partial charge in [-0.05, 0) is 51.1 Å². The zero-order chi connectivity index (χ0) is 16.1. The second-order valence-corrected chi connectivity index (χ2v) is 5.25. The normalized spacial score (nSPS) is 11.7. The molecule has 0 radical (unpaired) electrons. The van der Waals surface area contributed by atoms with Crippen molar-refractivity contribution >= 4 is 18.3 Å². The number of rotatable bonds is 6. The zero-order valence-corrected chi connectivity index (χ0v) is 14.1. The minimum absolute atomic E-state index is 0. The Morgan fingerprint density at radius 3 is 2.65 bits per heavy atom. The highest BCUT2D eigenvalue weighted by molar-refractivity contribution is 5.85. The lowest BCUT2D eigenvalue weighted by Crippen LogP contribution is -2.27. The van der Waals surface area contributed by atoms with Crippen molar-refractivity contribution in [2.75, 3.05) is 6.54 Å². The Morgan fingerprint density at radius 2 is 2.04 bits per heavy atom. The van der Waals surface area contributed by atoms with Crippen LogP contribution in [0.5, 0.6) is 0 Å². The smallest absolute Gasteiger partial charge is 0.220 e. The number of amides is 1. The Hall–Kier alpha value is -1.92. The topological polar surface area (TPSA) is 72.9 Å². The summed E-state index contributed by atoms with van der Waals surface area (Å²) in [5, 5.41) is 7.27. The molecule has 126 valence electrons. The van der Waals surface area contributed by atoms with Gasteiger partial charge in [0.25, 0.3) is 0 Å². The first-order valence-corrected chi connectivity index (χ1v) is 7.33. The molecular formula is C16H22ClFN4O. The largest absolute Gasteiger partial charge is 0.349 e. The van der Waals surface area contributed by atoms with Crippen molar-refractivity contribution in [2.45, 2.75) is 32.7 Å². The van der Waals surface area contributed by atoms with Gasteiger partial charge in [-0.2, -0.15) is 5.10 Å². The first kappa shape index (κ1) is 19.1. The molecule has 1 amide bonds. The van der Waals surface area contributed by atoms with Gasteiger partial charge >= 0.3 is 0 Å². The van der Waals surface area contributed by atoms with Crippen LogP contribution in [0.15, 0.2) is 30.5 Å². The summed E-state index contributed by atoms with van der Waals surface area (Å²) in [4.78, 5) is 11.8. The van der Waals surface area contributed by atoms with E-state index in [1.807, 2.05) is 13.8 Å². The van der Waals surface area contributed by atoms with Crippen molar-refractivity contribution in [1.82, 2.24) is 15.1 Å². The van der Waals surface area contributed by atoms with Gasteiger partial charge in [0.2, 0.25) is 5.91 Å². The number of benzene rings is 1. The molecule has 23 heavy (non-hydrogen) atoms. The molecule has 2 aromatic rings. The lowest BCUT2D eigenvalue weighted by atomic mass is 10.1. The van der Waals surface area contributed by atoms with Crippen LogP contribution in [0.3, 0.4) is 0 Å². The van der Waals surface area contributed by atoms with Crippen LogP contribution in [0.4, 0.5) is 4.39 Å². The summed E-state index contributed by atoms with van der Waals surface area (Å²) >= 11 is 0. The summed E-state index contributed by atoms with van der Waals surface area (Å²) < 4.78 is 14.7. The Morgan fingerprint density at radius 1 is 1.39 bits per heavy atom. The summed E-state index contributed by atoms with van der Waals surface area (Å²) in [6.07, 6.45) is 2.82. The highest BCUT2D eigenvalue weighted by Crippen LogP contribution is 2.20. The van der Waals surface area contributed by atoms with E-state index < -0.39 is 0 Å². The summed E-state index contributed by atoms with van der Waals surface area (Å²) in [7, 11) is 0. The van der Waals surface area contributed by atoms with E-state index in [2.05, 4.69) is 10.4 Å². The van der Waals surface area contributed by atoms with Crippen molar-refractivity contribution in [1.29, 1.82) is 0 Å². The number of nitrogens with two attached hydrogens (primary N) is 1. The third-order valence-electron chi connectivity index (χ3n) is 3.57. The molecule has 0 bridgehead atoms. The lowest BCUT2D eigenvalue weighted by Gasteiger charge is -2.14. The quantitative estimate of drug-likeness (QED) is 0.849. The molecule has 0 fully saturated rings. The molecule has 1 atom stereocenters. The van der Waals surface area contributed by atoms with Crippen molar-refractivity contribution in [2.24, 2.45) is 5.73 Å². The number of hydrogen-bond donors (Lipinski definition) is 2. The molecule has 0 saturated carbocycles. The van der Waals surface area contributed by atoms with Crippen LogP contribution < -0.4 is 11.1 Å². The standard InChI is InChI=1S/C16H21FN4O.ClH/c1-11(20-16(22)4-3-9-18)15-10-19-21(12(15)2)14-7-5-13(17)6-8-14;/h5-8,10-11H,3-4,9,18H2,1-2H3,(H,20,22);1H. The van der Waals surface area contributed by atoms with Gasteiger partial charge in [-0.1, -0.05) is 0 Å². The Kier molecular flexibility index (Phi) is 7.19. The Labute approximate surface area is 141 Å². The van der Waals surface area contributed by atoms with E-state index in [1.165, 1.54) is 12.1 Å². The second-order valence-electron chi connectivity index (χ2n) is 5.25. The summed E-state index contributed by atoms with van der Waals surface area (Å²) in [5.41, 5.74) is 8.04. The van der Waals surface area contributed by atoms with Gasteiger partial charge in [0, 0.05) is 17.7 Å². The van der Waals surface area contributed by atoms with E-state index in [-0.39, 0.29) is 30.2 Å². The van der Waals surface area contributed by atoms with Crippen molar-refractivity contribution in [3.05, 3.63) is 47.5 Å². The minimum atomic E-state index is -0.283. The maximum Gasteiger partial charge on any atom is 0.220 e. The first-order valence-electron chi connectivity index (χ1n) is 7.33. The van der Waals surface area contributed by atoms with Gasteiger partial charge in [0.1, 0.15) is 5.82 Å². The molecule has 0 aliphatic carbocycles. The average molecular weight is 341 g/mol. The zero-order valence-electron chi connectivity index (χ0n) is 13.3. The molecular weight excluding hydrogens is 319 g/mol.